The molecular weight excluding hydrogens is 394 g/mol. The van der Waals surface area contributed by atoms with Crippen molar-refractivity contribution >= 4 is 39.1 Å². The summed E-state index contributed by atoms with van der Waals surface area (Å²) < 4.78 is 1.89. The van der Waals surface area contributed by atoms with E-state index in [2.05, 4.69) is 10.6 Å². The number of halogens is 1. The molecule has 0 fully saturated rings. The topological polar surface area (TPSA) is 56.2 Å². The summed E-state index contributed by atoms with van der Waals surface area (Å²) >= 11 is 7.67. The number of nitrogens with zero attached hydrogens (tertiary/aromatic N) is 2. The molecule has 0 bridgehead atoms. The fraction of sp³-hybridized carbons (Fsp3) is 0.143. The lowest BCUT2D eigenvalue weighted by molar-refractivity contribution is 0.0237. The SMILES string of the molecule is Cc1nn(Cc2ccccc2Cl)c2sc(C(=O)NOCc3ccccc3)cc12. The van der Waals surface area contributed by atoms with E-state index in [9.17, 15) is 4.79 Å². The molecule has 4 rings (SSSR count). The molecule has 2 heterocycles. The minimum Gasteiger partial charge on any atom is -0.269 e. The number of hydroxylamine groups is 1. The molecule has 0 spiro atoms. The second-order valence-electron chi connectivity index (χ2n) is 6.37. The summed E-state index contributed by atoms with van der Waals surface area (Å²) in [6, 6.07) is 19.2. The van der Waals surface area contributed by atoms with Crippen molar-refractivity contribution in [2.45, 2.75) is 20.1 Å². The maximum absolute atomic E-state index is 12.5. The van der Waals surface area contributed by atoms with Crippen LogP contribution in [0.15, 0.2) is 60.7 Å². The summed E-state index contributed by atoms with van der Waals surface area (Å²) in [5.74, 6) is -0.263. The Hall–Kier alpha value is -2.67. The number of aromatic nitrogens is 2. The highest BCUT2D eigenvalue weighted by atomic mass is 35.5. The van der Waals surface area contributed by atoms with Gasteiger partial charge in [0.05, 0.1) is 23.7 Å². The third-order valence-electron chi connectivity index (χ3n) is 4.36. The van der Waals surface area contributed by atoms with Gasteiger partial charge in [-0.05, 0) is 30.2 Å². The van der Waals surface area contributed by atoms with Crippen molar-refractivity contribution in [3.63, 3.8) is 0 Å². The molecule has 0 saturated carbocycles. The van der Waals surface area contributed by atoms with Crippen LogP contribution in [0, 0.1) is 6.92 Å². The summed E-state index contributed by atoms with van der Waals surface area (Å²) in [7, 11) is 0. The Balaban J connectivity index is 1.49. The Morgan fingerprint density at radius 1 is 1.18 bits per heavy atom. The first-order valence-corrected chi connectivity index (χ1v) is 9.97. The second kappa shape index (κ2) is 8.14. The maximum Gasteiger partial charge on any atom is 0.285 e. The van der Waals surface area contributed by atoms with Crippen LogP contribution in [0.3, 0.4) is 0 Å². The lowest BCUT2D eigenvalue weighted by Crippen LogP contribution is -2.22. The number of hydrogen-bond acceptors (Lipinski definition) is 4. The van der Waals surface area contributed by atoms with Crippen LogP contribution >= 0.6 is 22.9 Å². The number of rotatable bonds is 6. The molecule has 4 aromatic rings. The zero-order chi connectivity index (χ0) is 19.5. The Morgan fingerprint density at radius 2 is 1.93 bits per heavy atom. The maximum atomic E-state index is 12.5. The molecule has 142 valence electrons. The third-order valence-corrected chi connectivity index (χ3v) is 5.87. The number of benzene rings is 2. The molecule has 5 nitrogen and oxygen atoms in total. The Bertz CT molecular complexity index is 1120. The van der Waals surface area contributed by atoms with E-state index in [1.807, 2.05) is 72.3 Å². The van der Waals surface area contributed by atoms with Gasteiger partial charge in [-0.1, -0.05) is 60.1 Å². The molecule has 1 amide bonds. The fourth-order valence-corrected chi connectivity index (χ4v) is 4.17. The van der Waals surface area contributed by atoms with Gasteiger partial charge in [0.15, 0.2) is 0 Å². The number of carbonyl (C=O) groups excluding carboxylic acids is 1. The first-order chi connectivity index (χ1) is 13.6. The molecule has 0 aliphatic rings. The molecule has 0 radical (unpaired) electrons. The number of thiophene rings is 1. The average Bonchev–Trinajstić information content (AvgIpc) is 3.26. The predicted octanol–water partition coefficient (Wildman–Crippen LogP) is 4.97. The summed E-state index contributed by atoms with van der Waals surface area (Å²) in [6.45, 7) is 2.80. The number of carbonyl (C=O) groups is 1. The van der Waals surface area contributed by atoms with Crippen molar-refractivity contribution in [3.05, 3.63) is 87.4 Å². The molecule has 1 N–H and O–H groups in total. The zero-order valence-electron chi connectivity index (χ0n) is 15.2. The van der Waals surface area contributed by atoms with Crippen molar-refractivity contribution < 1.29 is 9.63 Å². The molecule has 0 atom stereocenters. The van der Waals surface area contributed by atoms with Crippen molar-refractivity contribution in [2.75, 3.05) is 0 Å². The Morgan fingerprint density at radius 3 is 2.71 bits per heavy atom. The minimum absolute atomic E-state index is 0.263. The highest BCUT2D eigenvalue weighted by Crippen LogP contribution is 2.29. The van der Waals surface area contributed by atoms with Crippen molar-refractivity contribution in [1.29, 1.82) is 0 Å². The smallest absolute Gasteiger partial charge is 0.269 e. The van der Waals surface area contributed by atoms with Crippen molar-refractivity contribution in [1.82, 2.24) is 15.3 Å². The Kier molecular flexibility index (Phi) is 5.43. The van der Waals surface area contributed by atoms with E-state index in [4.69, 9.17) is 16.4 Å². The van der Waals surface area contributed by atoms with Gasteiger partial charge in [0.1, 0.15) is 4.83 Å². The van der Waals surface area contributed by atoms with Crippen LogP contribution in [-0.2, 0) is 18.0 Å². The van der Waals surface area contributed by atoms with Crippen LogP contribution in [0.1, 0.15) is 26.5 Å². The second-order valence-corrected chi connectivity index (χ2v) is 7.81. The van der Waals surface area contributed by atoms with Gasteiger partial charge in [-0.3, -0.25) is 14.3 Å². The predicted molar refractivity (Wildman–Crippen MR) is 112 cm³/mol. The van der Waals surface area contributed by atoms with Gasteiger partial charge in [-0.15, -0.1) is 11.3 Å². The summed E-state index contributed by atoms with van der Waals surface area (Å²) in [4.78, 5) is 19.3. The molecule has 7 heteroatoms. The van der Waals surface area contributed by atoms with Crippen molar-refractivity contribution in [2.24, 2.45) is 0 Å². The quantitative estimate of drug-likeness (QED) is 0.456. The Labute approximate surface area is 171 Å². The van der Waals surface area contributed by atoms with Crippen LogP contribution in [-0.4, -0.2) is 15.7 Å². The minimum atomic E-state index is -0.263. The van der Waals surface area contributed by atoms with E-state index in [0.29, 0.717) is 23.1 Å². The zero-order valence-corrected chi connectivity index (χ0v) is 16.8. The van der Waals surface area contributed by atoms with Crippen LogP contribution in [0.5, 0.6) is 0 Å². The highest BCUT2D eigenvalue weighted by molar-refractivity contribution is 7.20. The van der Waals surface area contributed by atoms with E-state index >= 15 is 0 Å². The normalized spacial score (nSPS) is 11.1. The van der Waals surface area contributed by atoms with E-state index in [1.54, 1.807) is 0 Å². The van der Waals surface area contributed by atoms with Gasteiger partial charge in [-0.2, -0.15) is 5.10 Å². The van der Waals surface area contributed by atoms with Crippen LogP contribution in [0.4, 0.5) is 0 Å². The van der Waals surface area contributed by atoms with Crippen molar-refractivity contribution in [3.8, 4) is 0 Å². The molecule has 28 heavy (non-hydrogen) atoms. The van der Waals surface area contributed by atoms with Gasteiger partial charge in [0.25, 0.3) is 5.91 Å². The molecular formula is C21H18ClN3O2S. The van der Waals surface area contributed by atoms with E-state index in [1.165, 1.54) is 11.3 Å². The van der Waals surface area contributed by atoms with Gasteiger partial charge < -0.3 is 0 Å². The summed E-state index contributed by atoms with van der Waals surface area (Å²) in [6.07, 6.45) is 0. The average molecular weight is 412 g/mol. The molecule has 0 unspecified atom stereocenters. The van der Waals surface area contributed by atoms with Gasteiger partial charge in [0.2, 0.25) is 0 Å². The number of amides is 1. The van der Waals surface area contributed by atoms with Crippen LogP contribution in [0.25, 0.3) is 10.2 Å². The molecule has 0 aliphatic heterocycles. The first-order valence-electron chi connectivity index (χ1n) is 8.78. The fourth-order valence-electron chi connectivity index (χ4n) is 2.93. The monoisotopic (exact) mass is 411 g/mol. The molecule has 0 saturated heterocycles. The summed E-state index contributed by atoms with van der Waals surface area (Å²) in [5, 5.41) is 6.26. The molecule has 2 aromatic heterocycles. The van der Waals surface area contributed by atoms with Crippen LogP contribution in [0.2, 0.25) is 5.02 Å². The first kappa shape index (κ1) is 18.7. The lowest BCUT2D eigenvalue weighted by Gasteiger charge is -2.05. The van der Waals surface area contributed by atoms with Gasteiger partial charge in [-0.25, -0.2) is 5.48 Å². The van der Waals surface area contributed by atoms with Gasteiger partial charge in [0, 0.05) is 10.4 Å². The number of fused-ring (bicyclic) bond motifs is 1. The number of nitrogens with one attached hydrogen (secondary N) is 1. The lowest BCUT2D eigenvalue weighted by atomic mass is 10.2. The van der Waals surface area contributed by atoms with Gasteiger partial charge >= 0.3 is 0 Å². The largest absolute Gasteiger partial charge is 0.285 e. The molecule has 0 aliphatic carbocycles. The molecule has 2 aromatic carbocycles. The third kappa shape index (κ3) is 3.94. The highest BCUT2D eigenvalue weighted by Gasteiger charge is 2.17. The van der Waals surface area contributed by atoms with E-state index in [-0.39, 0.29) is 5.91 Å². The summed E-state index contributed by atoms with van der Waals surface area (Å²) in [5.41, 5.74) is 5.37. The number of hydrogen-bond donors (Lipinski definition) is 1. The van der Waals surface area contributed by atoms with E-state index in [0.717, 1.165) is 27.0 Å². The van der Waals surface area contributed by atoms with E-state index < -0.39 is 0 Å². The number of aryl methyl sites for hydroxylation is 1. The standard InChI is InChI=1S/C21H18ClN3O2S/c1-14-17-11-19(20(26)24-27-13-15-7-3-2-4-8-15)28-21(17)25(23-14)12-16-9-5-6-10-18(16)22/h2-11H,12-13H2,1H3,(H,24,26). The van der Waals surface area contributed by atoms with Crippen LogP contribution < -0.4 is 5.48 Å².